The summed E-state index contributed by atoms with van der Waals surface area (Å²) in [4.78, 5) is 26.5. The Balaban J connectivity index is 1.27. The highest BCUT2D eigenvalue weighted by atomic mass is 16.5. The Morgan fingerprint density at radius 2 is 1.65 bits per heavy atom. The van der Waals surface area contributed by atoms with Gasteiger partial charge in [-0.15, -0.1) is 0 Å². The largest absolute Gasteiger partial charge is 0.497 e. The number of rotatable bonds is 7. The van der Waals surface area contributed by atoms with Gasteiger partial charge in [0.25, 0.3) is 5.91 Å². The molecular weight excluding hydrogens is 502 g/mol. The van der Waals surface area contributed by atoms with Crippen LogP contribution in [0.25, 0.3) is 27.8 Å². The van der Waals surface area contributed by atoms with E-state index in [-0.39, 0.29) is 12.5 Å². The molecule has 3 heterocycles. The number of carbonyl (C=O) groups is 1. The van der Waals surface area contributed by atoms with Crippen LogP contribution in [0.3, 0.4) is 0 Å². The molecule has 0 atom stereocenters. The van der Waals surface area contributed by atoms with Crippen molar-refractivity contribution in [3.05, 3.63) is 97.0 Å². The third kappa shape index (κ3) is 5.08. The molecule has 1 saturated heterocycles. The predicted octanol–water partition coefficient (Wildman–Crippen LogP) is 5.13. The van der Waals surface area contributed by atoms with E-state index < -0.39 is 0 Å². The Hall–Kier alpha value is -4.85. The minimum Gasteiger partial charge on any atom is -0.497 e. The van der Waals surface area contributed by atoms with Gasteiger partial charge in [-0.25, -0.2) is 9.97 Å². The van der Waals surface area contributed by atoms with Gasteiger partial charge in [-0.1, -0.05) is 54.1 Å². The van der Waals surface area contributed by atoms with Crippen molar-refractivity contribution in [1.29, 1.82) is 0 Å². The second kappa shape index (κ2) is 11.1. The molecule has 0 spiro atoms. The maximum Gasteiger partial charge on any atom is 0.260 e. The number of ether oxygens (including phenoxy) is 2. The minimum atomic E-state index is -0.0118. The number of piperazine rings is 1. The zero-order valence-corrected chi connectivity index (χ0v) is 22.7. The van der Waals surface area contributed by atoms with Crippen LogP contribution in [0.1, 0.15) is 5.56 Å². The van der Waals surface area contributed by atoms with Gasteiger partial charge in [0.2, 0.25) is 0 Å². The summed E-state index contributed by atoms with van der Waals surface area (Å²) in [6.45, 7) is 4.58. The van der Waals surface area contributed by atoms with Gasteiger partial charge in [-0.3, -0.25) is 4.79 Å². The second-order valence-corrected chi connectivity index (χ2v) is 9.85. The molecule has 0 saturated carbocycles. The van der Waals surface area contributed by atoms with Crippen molar-refractivity contribution < 1.29 is 14.3 Å². The van der Waals surface area contributed by atoms with Crippen molar-refractivity contribution >= 4 is 22.8 Å². The zero-order valence-electron chi connectivity index (χ0n) is 22.7. The highest BCUT2D eigenvalue weighted by molar-refractivity contribution is 6.02. The van der Waals surface area contributed by atoms with E-state index in [0.29, 0.717) is 31.9 Å². The van der Waals surface area contributed by atoms with Crippen molar-refractivity contribution in [3.8, 4) is 28.3 Å². The topological polar surface area (TPSA) is 72.7 Å². The molecule has 1 aliphatic heterocycles. The lowest BCUT2D eigenvalue weighted by Crippen LogP contribution is -2.50. The molecule has 8 heteroatoms. The van der Waals surface area contributed by atoms with Crippen molar-refractivity contribution in [2.75, 3.05) is 44.8 Å². The molecular formula is C32H31N5O3. The molecule has 6 rings (SSSR count). The summed E-state index contributed by atoms with van der Waals surface area (Å²) in [5.41, 5.74) is 5.08. The third-order valence-electron chi connectivity index (χ3n) is 7.29. The zero-order chi connectivity index (χ0) is 27.5. The Morgan fingerprint density at radius 1 is 0.875 bits per heavy atom. The standard InChI is InChI=1S/C32H31N5O3/c1-23-11-13-26(14-12-23)40-21-29(38)35-15-17-36(18-16-35)31-30-28(24-7-4-3-5-8-24)20-37(32(30)34-22-33-31)25-9-6-10-27(19-25)39-2/h3-14,19-20,22H,15-18,21H2,1-2H3. The molecule has 5 aromatic rings. The molecule has 8 nitrogen and oxygen atoms in total. The van der Waals surface area contributed by atoms with Crippen molar-refractivity contribution in [1.82, 2.24) is 19.4 Å². The molecule has 1 amide bonds. The Bertz CT molecular complexity index is 1620. The van der Waals surface area contributed by atoms with Crippen LogP contribution in [-0.2, 0) is 4.79 Å². The van der Waals surface area contributed by atoms with Crippen LogP contribution in [0.4, 0.5) is 5.82 Å². The molecule has 1 fully saturated rings. The van der Waals surface area contributed by atoms with E-state index in [1.807, 2.05) is 78.6 Å². The van der Waals surface area contributed by atoms with Gasteiger partial charge in [0.05, 0.1) is 18.2 Å². The average Bonchev–Trinajstić information content (AvgIpc) is 3.41. The van der Waals surface area contributed by atoms with E-state index in [9.17, 15) is 4.79 Å². The fourth-order valence-corrected chi connectivity index (χ4v) is 5.12. The van der Waals surface area contributed by atoms with Gasteiger partial charge in [-0.05, 0) is 36.8 Å². The summed E-state index contributed by atoms with van der Waals surface area (Å²) < 4.78 is 13.3. The van der Waals surface area contributed by atoms with Gasteiger partial charge in [0, 0.05) is 44.0 Å². The van der Waals surface area contributed by atoms with E-state index in [0.717, 1.165) is 45.0 Å². The number of fused-ring (bicyclic) bond motifs is 1. The highest BCUT2D eigenvalue weighted by Crippen LogP contribution is 2.37. The molecule has 0 N–H and O–H groups in total. The maximum atomic E-state index is 12.9. The van der Waals surface area contributed by atoms with Crippen LogP contribution < -0.4 is 14.4 Å². The molecule has 1 aliphatic rings. The number of methoxy groups -OCH3 is 1. The quantitative estimate of drug-likeness (QED) is 0.289. The van der Waals surface area contributed by atoms with Crippen LogP contribution in [0.5, 0.6) is 11.5 Å². The lowest BCUT2D eigenvalue weighted by atomic mass is 10.1. The molecule has 2 aromatic heterocycles. The number of anilines is 1. The van der Waals surface area contributed by atoms with Crippen LogP contribution >= 0.6 is 0 Å². The fourth-order valence-electron chi connectivity index (χ4n) is 5.12. The Labute approximate surface area is 233 Å². The summed E-state index contributed by atoms with van der Waals surface area (Å²) in [5, 5.41) is 0.985. The first-order chi connectivity index (χ1) is 19.6. The lowest BCUT2D eigenvalue weighted by Gasteiger charge is -2.35. The number of aromatic nitrogens is 3. The predicted molar refractivity (Wildman–Crippen MR) is 156 cm³/mol. The number of aryl methyl sites for hydroxylation is 1. The molecule has 202 valence electrons. The van der Waals surface area contributed by atoms with Crippen molar-refractivity contribution in [2.24, 2.45) is 0 Å². The Morgan fingerprint density at radius 3 is 2.40 bits per heavy atom. The number of carbonyl (C=O) groups excluding carboxylic acids is 1. The average molecular weight is 534 g/mol. The van der Waals surface area contributed by atoms with Crippen molar-refractivity contribution in [2.45, 2.75) is 6.92 Å². The monoisotopic (exact) mass is 533 g/mol. The number of amides is 1. The van der Waals surface area contributed by atoms with Crippen LogP contribution in [0.2, 0.25) is 0 Å². The van der Waals surface area contributed by atoms with Gasteiger partial charge in [0.15, 0.2) is 12.3 Å². The third-order valence-corrected chi connectivity index (χ3v) is 7.29. The fraction of sp³-hybridized carbons (Fsp3) is 0.219. The van der Waals surface area contributed by atoms with Crippen LogP contribution in [0, 0.1) is 6.92 Å². The van der Waals surface area contributed by atoms with Gasteiger partial charge >= 0.3 is 0 Å². The summed E-state index contributed by atoms with van der Waals surface area (Å²) in [6, 6.07) is 26.0. The Kier molecular flexibility index (Phi) is 7.06. The summed E-state index contributed by atoms with van der Waals surface area (Å²) in [6.07, 6.45) is 3.74. The minimum absolute atomic E-state index is 0.0118. The van der Waals surface area contributed by atoms with Crippen LogP contribution in [-0.4, -0.2) is 65.2 Å². The highest BCUT2D eigenvalue weighted by Gasteiger charge is 2.26. The lowest BCUT2D eigenvalue weighted by molar-refractivity contribution is -0.133. The summed E-state index contributed by atoms with van der Waals surface area (Å²) in [7, 11) is 1.67. The maximum absolute atomic E-state index is 12.9. The SMILES string of the molecule is COc1cccc(-n2cc(-c3ccccc3)c3c(N4CCN(C(=O)COc5ccc(C)cc5)CC4)ncnc32)c1. The van der Waals surface area contributed by atoms with E-state index in [2.05, 4.69) is 27.8 Å². The molecule has 0 unspecified atom stereocenters. The van der Waals surface area contributed by atoms with Gasteiger partial charge in [-0.2, -0.15) is 0 Å². The molecule has 40 heavy (non-hydrogen) atoms. The van der Waals surface area contributed by atoms with Crippen molar-refractivity contribution in [3.63, 3.8) is 0 Å². The van der Waals surface area contributed by atoms with E-state index >= 15 is 0 Å². The van der Waals surface area contributed by atoms with E-state index in [4.69, 9.17) is 19.4 Å². The second-order valence-electron chi connectivity index (χ2n) is 9.85. The molecule has 3 aromatic carbocycles. The van der Waals surface area contributed by atoms with Crippen LogP contribution in [0.15, 0.2) is 91.4 Å². The van der Waals surface area contributed by atoms with E-state index in [1.165, 1.54) is 0 Å². The number of benzene rings is 3. The summed E-state index contributed by atoms with van der Waals surface area (Å²) in [5.74, 6) is 2.34. The normalized spacial score (nSPS) is 13.4. The molecule has 0 bridgehead atoms. The van der Waals surface area contributed by atoms with Gasteiger partial charge < -0.3 is 23.8 Å². The summed E-state index contributed by atoms with van der Waals surface area (Å²) >= 11 is 0. The number of hydrogen-bond acceptors (Lipinski definition) is 6. The first-order valence-electron chi connectivity index (χ1n) is 13.4. The number of nitrogens with zero attached hydrogens (tertiary/aromatic N) is 5. The molecule has 0 aliphatic carbocycles. The van der Waals surface area contributed by atoms with E-state index in [1.54, 1.807) is 13.4 Å². The van der Waals surface area contributed by atoms with Gasteiger partial charge in [0.1, 0.15) is 23.6 Å². The first-order valence-corrected chi connectivity index (χ1v) is 13.4. The first kappa shape index (κ1) is 25.4. The smallest absolute Gasteiger partial charge is 0.260 e. The molecule has 0 radical (unpaired) electrons. The number of hydrogen-bond donors (Lipinski definition) is 0.